The maximum atomic E-state index is 14.4. The number of carbonyl (C=O) groups is 1. The number of alkyl halides is 1. The summed E-state index contributed by atoms with van der Waals surface area (Å²) in [6.45, 7) is -0.544. The van der Waals surface area contributed by atoms with Crippen molar-refractivity contribution in [1.29, 1.82) is 0 Å². The number of nitrogens with one attached hydrogen (secondary N) is 1. The largest absolute Gasteiger partial charge is 0.394 e. The molecule has 4 atom stereocenters. The van der Waals surface area contributed by atoms with Gasteiger partial charge in [-0.15, -0.1) is 5.10 Å². The van der Waals surface area contributed by atoms with Crippen molar-refractivity contribution in [3.05, 3.63) is 42.2 Å². The summed E-state index contributed by atoms with van der Waals surface area (Å²) in [4.78, 5) is 20.3. The molecule has 27 heavy (non-hydrogen) atoms. The number of aromatic nitrogens is 5. The molecule has 1 saturated heterocycles. The van der Waals surface area contributed by atoms with Gasteiger partial charge >= 0.3 is 0 Å². The molecule has 3 heterocycles. The lowest BCUT2D eigenvalue weighted by Gasteiger charge is -2.13. The molecule has 2 aromatic heterocycles. The van der Waals surface area contributed by atoms with E-state index in [0.29, 0.717) is 5.56 Å². The summed E-state index contributed by atoms with van der Waals surface area (Å²) >= 11 is 0. The molecule has 0 unspecified atom stereocenters. The molecule has 0 bridgehead atoms. The number of hydrogen-bond donors (Lipinski definition) is 3. The Balaban J connectivity index is 1.65. The van der Waals surface area contributed by atoms with Crippen molar-refractivity contribution in [1.82, 2.24) is 25.0 Å². The van der Waals surface area contributed by atoms with Gasteiger partial charge in [-0.1, -0.05) is 23.4 Å². The van der Waals surface area contributed by atoms with E-state index in [-0.39, 0.29) is 17.0 Å². The molecule has 0 aliphatic carbocycles. The second-order valence-electron chi connectivity index (χ2n) is 5.93. The average Bonchev–Trinajstić information content (AvgIpc) is 3.25. The molecule has 3 aromatic rings. The first kappa shape index (κ1) is 17.4. The van der Waals surface area contributed by atoms with Crippen molar-refractivity contribution in [2.45, 2.75) is 24.6 Å². The Labute approximate surface area is 151 Å². The Kier molecular flexibility index (Phi) is 4.48. The number of rotatable bonds is 4. The number of carbonyl (C=O) groups excluding carboxylic acids is 1. The molecule has 1 amide bonds. The Morgan fingerprint density at radius 1 is 1.30 bits per heavy atom. The van der Waals surface area contributed by atoms with Crippen LogP contribution in [-0.2, 0) is 4.74 Å². The van der Waals surface area contributed by atoms with E-state index in [2.05, 4.69) is 25.6 Å². The zero-order valence-corrected chi connectivity index (χ0v) is 13.8. The van der Waals surface area contributed by atoms with Gasteiger partial charge in [-0.05, 0) is 12.1 Å². The lowest BCUT2D eigenvalue weighted by Crippen LogP contribution is -2.30. The predicted octanol–water partition coefficient (Wildman–Crippen LogP) is 0.0623. The lowest BCUT2D eigenvalue weighted by molar-refractivity contribution is -0.0512. The minimum Gasteiger partial charge on any atom is -0.394 e. The van der Waals surface area contributed by atoms with Gasteiger partial charge in [-0.25, -0.2) is 14.4 Å². The smallest absolute Gasteiger partial charge is 0.256 e. The van der Waals surface area contributed by atoms with Crippen LogP contribution in [0.4, 0.5) is 10.2 Å². The molecule has 140 valence electrons. The van der Waals surface area contributed by atoms with Crippen molar-refractivity contribution in [3.63, 3.8) is 0 Å². The normalized spacial score (nSPS) is 25.0. The third-order valence-corrected chi connectivity index (χ3v) is 4.24. The molecular weight excluding hydrogens is 359 g/mol. The van der Waals surface area contributed by atoms with Gasteiger partial charge in [0.15, 0.2) is 29.4 Å². The SMILES string of the molecule is O=C(Nc1ncnc2c1nnn2[C@@H]1O[C@H](CO)[C@@H](O)[C@@H]1F)c1ccccc1. The van der Waals surface area contributed by atoms with Crippen molar-refractivity contribution < 1.29 is 24.1 Å². The number of amides is 1. The molecule has 1 fully saturated rings. The first-order valence-corrected chi connectivity index (χ1v) is 8.11. The topological polar surface area (TPSA) is 135 Å². The summed E-state index contributed by atoms with van der Waals surface area (Å²) in [7, 11) is 0. The zero-order chi connectivity index (χ0) is 19.0. The minimum absolute atomic E-state index is 0.104. The van der Waals surface area contributed by atoms with E-state index in [0.717, 1.165) is 4.68 Å². The molecule has 0 spiro atoms. The quantitative estimate of drug-likeness (QED) is 0.583. The summed E-state index contributed by atoms with van der Waals surface area (Å²) < 4.78 is 20.7. The fourth-order valence-electron chi connectivity index (χ4n) is 2.85. The Hall–Kier alpha value is -3.02. The number of hydrogen-bond acceptors (Lipinski definition) is 8. The average molecular weight is 374 g/mol. The monoisotopic (exact) mass is 374 g/mol. The number of fused-ring (bicyclic) bond motifs is 1. The molecule has 1 aliphatic heterocycles. The minimum atomic E-state index is -1.83. The van der Waals surface area contributed by atoms with E-state index >= 15 is 0 Å². The second kappa shape index (κ2) is 6.95. The van der Waals surface area contributed by atoms with Crippen LogP contribution in [-0.4, -0.2) is 66.1 Å². The van der Waals surface area contributed by atoms with Crippen molar-refractivity contribution in [2.24, 2.45) is 0 Å². The Morgan fingerprint density at radius 3 is 2.78 bits per heavy atom. The van der Waals surface area contributed by atoms with Gasteiger partial charge in [-0.3, -0.25) is 4.79 Å². The van der Waals surface area contributed by atoms with E-state index in [1.807, 2.05) is 0 Å². The summed E-state index contributed by atoms with van der Waals surface area (Å²) in [5.41, 5.74) is 0.680. The molecule has 0 radical (unpaired) electrons. The molecule has 0 saturated carbocycles. The summed E-state index contributed by atoms with van der Waals surface area (Å²) in [5, 5.41) is 29.3. The van der Waals surface area contributed by atoms with Crippen LogP contribution in [0.15, 0.2) is 36.7 Å². The number of nitrogens with zero attached hydrogens (tertiary/aromatic N) is 5. The van der Waals surface area contributed by atoms with E-state index in [1.165, 1.54) is 6.33 Å². The highest BCUT2D eigenvalue weighted by Gasteiger charge is 2.46. The number of aliphatic hydroxyl groups is 2. The van der Waals surface area contributed by atoms with Gasteiger partial charge in [0.2, 0.25) is 0 Å². The molecular formula is C16H15FN6O4. The second-order valence-corrected chi connectivity index (χ2v) is 5.93. The van der Waals surface area contributed by atoms with Crippen LogP contribution >= 0.6 is 0 Å². The van der Waals surface area contributed by atoms with Gasteiger partial charge < -0.3 is 20.3 Å². The summed E-state index contributed by atoms with van der Waals surface area (Å²) in [6.07, 6.45) is -4.55. The third-order valence-electron chi connectivity index (χ3n) is 4.24. The highest BCUT2D eigenvalue weighted by molar-refractivity contribution is 6.06. The van der Waals surface area contributed by atoms with E-state index in [1.54, 1.807) is 30.3 Å². The third kappa shape index (κ3) is 3.01. The van der Waals surface area contributed by atoms with Crippen LogP contribution < -0.4 is 5.32 Å². The van der Waals surface area contributed by atoms with Gasteiger partial charge in [0.25, 0.3) is 5.91 Å². The lowest BCUT2D eigenvalue weighted by atomic mass is 10.1. The van der Waals surface area contributed by atoms with Crippen molar-refractivity contribution in [2.75, 3.05) is 11.9 Å². The molecule has 11 heteroatoms. The fraction of sp³-hybridized carbons (Fsp3) is 0.312. The van der Waals surface area contributed by atoms with Gasteiger partial charge in [-0.2, -0.15) is 4.68 Å². The van der Waals surface area contributed by atoms with Gasteiger partial charge in [0.1, 0.15) is 18.5 Å². The first-order valence-electron chi connectivity index (χ1n) is 8.11. The van der Waals surface area contributed by atoms with E-state index in [4.69, 9.17) is 9.84 Å². The standard InChI is InChI=1S/C16H15FN6O4/c17-10-12(25)9(6-24)27-16(10)23-14-11(21-22-23)13(18-7-19-14)20-15(26)8-4-2-1-3-5-8/h1-5,7,9-10,12,16,24-25H,6H2,(H,18,19,20,26)/t9-,10+,12-,16-/m1/s1. The van der Waals surface area contributed by atoms with Crippen LogP contribution in [0, 0.1) is 0 Å². The number of anilines is 1. The Bertz CT molecular complexity index is 968. The van der Waals surface area contributed by atoms with Crippen LogP contribution in [0.1, 0.15) is 16.6 Å². The van der Waals surface area contributed by atoms with Gasteiger partial charge in [0, 0.05) is 5.56 Å². The van der Waals surface area contributed by atoms with Crippen LogP contribution in [0.5, 0.6) is 0 Å². The predicted molar refractivity (Wildman–Crippen MR) is 89.4 cm³/mol. The molecule has 4 rings (SSSR count). The van der Waals surface area contributed by atoms with E-state index in [9.17, 15) is 14.3 Å². The van der Waals surface area contributed by atoms with E-state index < -0.39 is 37.1 Å². The number of aliphatic hydroxyl groups excluding tert-OH is 2. The maximum Gasteiger partial charge on any atom is 0.256 e. The maximum absolute atomic E-state index is 14.4. The fourth-order valence-corrected chi connectivity index (χ4v) is 2.85. The molecule has 10 nitrogen and oxygen atoms in total. The number of ether oxygens (including phenoxy) is 1. The van der Waals surface area contributed by atoms with Gasteiger partial charge in [0.05, 0.1) is 6.61 Å². The molecule has 3 N–H and O–H groups in total. The summed E-state index contributed by atoms with van der Waals surface area (Å²) in [6, 6.07) is 8.52. The molecule has 1 aromatic carbocycles. The first-order chi connectivity index (χ1) is 13.1. The highest BCUT2D eigenvalue weighted by atomic mass is 19.1. The number of halogens is 1. The zero-order valence-electron chi connectivity index (χ0n) is 13.8. The molecule has 1 aliphatic rings. The number of benzene rings is 1. The van der Waals surface area contributed by atoms with Crippen LogP contribution in [0.2, 0.25) is 0 Å². The summed E-state index contributed by atoms with van der Waals surface area (Å²) in [5.74, 6) is -0.297. The highest BCUT2D eigenvalue weighted by Crippen LogP contribution is 2.33. The van der Waals surface area contributed by atoms with Crippen LogP contribution in [0.3, 0.4) is 0 Å². The Morgan fingerprint density at radius 2 is 2.07 bits per heavy atom. The van der Waals surface area contributed by atoms with Crippen LogP contribution in [0.25, 0.3) is 11.2 Å². The van der Waals surface area contributed by atoms with Crippen molar-refractivity contribution in [3.8, 4) is 0 Å². The van der Waals surface area contributed by atoms with Crippen molar-refractivity contribution >= 4 is 22.9 Å².